The van der Waals surface area contributed by atoms with E-state index in [4.69, 9.17) is 9.47 Å². The second-order valence-electron chi connectivity index (χ2n) is 5.45. The molecule has 2 saturated heterocycles. The van der Waals surface area contributed by atoms with Gasteiger partial charge in [-0.25, -0.2) is 0 Å². The Balaban J connectivity index is 1.69. The van der Waals surface area contributed by atoms with Gasteiger partial charge in [-0.15, -0.1) is 0 Å². The molecule has 4 unspecified atom stereocenters. The van der Waals surface area contributed by atoms with Gasteiger partial charge in [0.15, 0.2) is 0 Å². The van der Waals surface area contributed by atoms with Crippen LogP contribution in [-0.2, 0) is 9.47 Å². The maximum Gasteiger partial charge on any atom is 0.109 e. The molecule has 4 atom stereocenters. The summed E-state index contributed by atoms with van der Waals surface area (Å²) in [7, 11) is 0. The van der Waals surface area contributed by atoms with Crippen LogP contribution in [0.3, 0.4) is 0 Å². The largest absolute Gasteiger partial charge is 0.496 e. The van der Waals surface area contributed by atoms with Crippen LogP contribution in [0.1, 0.15) is 39.0 Å². The van der Waals surface area contributed by atoms with Crippen LogP contribution in [0.4, 0.5) is 0 Å². The molecule has 17 heavy (non-hydrogen) atoms. The van der Waals surface area contributed by atoms with E-state index in [1.807, 2.05) is 0 Å². The van der Waals surface area contributed by atoms with Gasteiger partial charge < -0.3 is 14.8 Å². The van der Waals surface area contributed by atoms with Crippen molar-refractivity contribution in [2.24, 2.45) is 5.92 Å². The summed E-state index contributed by atoms with van der Waals surface area (Å²) >= 11 is 0. The smallest absolute Gasteiger partial charge is 0.109 e. The molecule has 3 rings (SSSR count). The lowest BCUT2D eigenvalue weighted by molar-refractivity contribution is 0.0821. The Bertz CT molecular complexity index is 303. The number of hydrogen-bond donors (Lipinski definition) is 1. The number of ether oxygens (including phenoxy) is 2. The molecule has 2 fully saturated rings. The van der Waals surface area contributed by atoms with Gasteiger partial charge in [0.05, 0.1) is 24.9 Å². The molecule has 0 aromatic carbocycles. The highest BCUT2D eigenvalue weighted by atomic mass is 16.5. The van der Waals surface area contributed by atoms with Crippen molar-refractivity contribution in [3.63, 3.8) is 0 Å². The SMILES string of the molecule is CCCNC(C1=CCCO1)C1CC2CCC1O2. The number of hydrogen-bond acceptors (Lipinski definition) is 3. The molecule has 0 radical (unpaired) electrons. The van der Waals surface area contributed by atoms with E-state index in [0.717, 1.165) is 19.6 Å². The minimum absolute atomic E-state index is 0.396. The van der Waals surface area contributed by atoms with Crippen molar-refractivity contribution in [3.8, 4) is 0 Å². The van der Waals surface area contributed by atoms with Crippen LogP contribution < -0.4 is 5.32 Å². The van der Waals surface area contributed by atoms with Crippen molar-refractivity contribution in [2.45, 2.75) is 57.3 Å². The van der Waals surface area contributed by atoms with E-state index in [1.165, 1.54) is 31.4 Å². The number of rotatable bonds is 5. The third-order valence-corrected chi connectivity index (χ3v) is 4.23. The van der Waals surface area contributed by atoms with Crippen molar-refractivity contribution in [2.75, 3.05) is 13.2 Å². The Morgan fingerprint density at radius 2 is 2.41 bits per heavy atom. The van der Waals surface area contributed by atoms with E-state index in [9.17, 15) is 0 Å². The molecule has 0 aromatic rings. The topological polar surface area (TPSA) is 30.5 Å². The maximum atomic E-state index is 5.98. The third kappa shape index (κ3) is 2.23. The Kier molecular flexibility index (Phi) is 3.39. The van der Waals surface area contributed by atoms with Crippen molar-refractivity contribution >= 4 is 0 Å². The molecule has 0 amide bonds. The molecule has 2 bridgehead atoms. The molecule has 0 saturated carbocycles. The minimum atomic E-state index is 0.396. The van der Waals surface area contributed by atoms with Crippen LogP contribution in [0.15, 0.2) is 11.8 Å². The fourth-order valence-electron chi connectivity index (χ4n) is 3.44. The van der Waals surface area contributed by atoms with Gasteiger partial charge in [-0.2, -0.15) is 0 Å². The Labute approximate surface area is 104 Å². The number of nitrogens with one attached hydrogen (secondary N) is 1. The zero-order valence-corrected chi connectivity index (χ0v) is 10.7. The van der Waals surface area contributed by atoms with Crippen LogP contribution in [0.2, 0.25) is 0 Å². The lowest BCUT2D eigenvalue weighted by Crippen LogP contribution is -2.42. The first-order valence-corrected chi connectivity index (χ1v) is 7.10. The van der Waals surface area contributed by atoms with Gasteiger partial charge >= 0.3 is 0 Å². The van der Waals surface area contributed by atoms with Gasteiger partial charge in [0.1, 0.15) is 5.76 Å². The summed E-state index contributed by atoms with van der Waals surface area (Å²) in [6.45, 7) is 4.14. The summed E-state index contributed by atoms with van der Waals surface area (Å²) in [5.41, 5.74) is 0. The second kappa shape index (κ2) is 4.99. The van der Waals surface area contributed by atoms with E-state index in [2.05, 4.69) is 18.3 Å². The first-order chi connectivity index (χ1) is 8.38. The van der Waals surface area contributed by atoms with Gasteiger partial charge in [-0.1, -0.05) is 6.92 Å². The monoisotopic (exact) mass is 237 g/mol. The summed E-state index contributed by atoms with van der Waals surface area (Å²) in [4.78, 5) is 0. The normalized spacial score (nSPS) is 37.0. The standard InChI is InChI=1S/C14H23NO2/c1-2-7-15-14(13-4-3-8-16-13)11-9-10-5-6-12(11)17-10/h4,10-12,14-15H,2-3,5-9H2,1H3. The molecule has 1 N–H and O–H groups in total. The summed E-state index contributed by atoms with van der Waals surface area (Å²) < 4.78 is 11.8. The summed E-state index contributed by atoms with van der Waals surface area (Å²) in [5, 5.41) is 3.66. The van der Waals surface area contributed by atoms with Crippen molar-refractivity contribution < 1.29 is 9.47 Å². The zero-order chi connectivity index (χ0) is 11.7. The van der Waals surface area contributed by atoms with E-state index in [0.29, 0.717) is 24.2 Å². The molecule has 3 nitrogen and oxygen atoms in total. The molecule has 0 aliphatic carbocycles. The minimum Gasteiger partial charge on any atom is -0.496 e. The van der Waals surface area contributed by atoms with E-state index >= 15 is 0 Å². The van der Waals surface area contributed by atoms with Gasteiger partial charge in [0, 0.05) is 12.3 Å². The van der Waals surface area contributed by atoms with Gasteiger partial charge in [-0.05, 0) is 38.3 Å². The van der Waals surface area contributed by atoms with Crippen LogP contribution in [-0.4, -0.2) is 31.4 Å². The molecular formula is C14H23NO2. The Morgan fingerprint density at radius 3 is 3.00 bits per heavy atom. The van der Waals surface area contributed by atoms with Crippen LogP contribution in [0.25, 0.3) is 0 Å². The molecule has 3 heterocycles. The Morgan fingerprint density at radius 1 is 1.47 bits per heavy atom. The average Bonchev–Trinajstić information content (AvgIpc) is 3.06. The van der Waals surface area contributed by atoms with Crippen molar-refractivity contribution in [3.05, 3.63) is 11.8 Å². The van der Waals surface area contributed by atoms with E-state index < -0.39 is 0 Å². The maximum absolute atomic E-state index is 5.98. The molecule has 0 spiro atoms. The first kappa shape index (κ1) is 11.5. The molecule has 3 aliphatic heterocycles. The summed E-state index contributed by atoms with van der Waals surface area (Å²) in [6, 6.07) is 0.396. The van der Waals surface area contributed by atoms with E-state index in [-0.39, 0.29) is 0 Å². The van der Waals surface area contributed by atoms with Gasteiger partial charge in [0.2, 0.25) is 0 Å². The van der Waals surface area contributed by atoms with Gasteiger partial charge in [0.25, 0.3) is 0 Å². The van der Waals surface area contributed by atoms with Gasteiger partial charge in [-0.3, -0.25) is 0 Å². The first-order valence-electron chi connectivity index (χ1n) is 7.10. The second-order valence-corrected chi connectivity index (χ2v) is 5.45. The van der Waals surface area contributed by atoms with Crippen molar-refractivity contribution in [1.82, 2.24) is 5.32 Å². The molecule has 3 heteroatoms. The fraction of sp³-hybridized carbons (Fsp3) is 0.857. The number of fused-ring (bicyclic) bond motifs is 2. The van der Waals surface area contributed by atoms with E-state index in [1.54, 1.807) is 0 Å². The highest BCUT2D eigenvalue weighted by molar-refractivity contribution is 5.12. The molecule has 96 valence electrons. The highest BCUT2D eigenvalue weighted by Gasteiger charge is 2.45. The molecular weight excluding hydrogens is 214 g/mol. The van der Waals surface area contributed by atoms with Crippen molar-refractivity contribution in [1.29, 1.82) is 0 Å². The lowest BCUT2D eigenvalue weighted by atomic mass is 9.83. The highest BCUT2D eigenvalue weighted by Crippen LogP contribution is 2.42. The van der Waals surface area contributed by atoms with Crippen LogP contribution >= 0.6 is 0 Å². The van der Waals surface area contributed by atoms with Crippen LogP contribution in [0.5, 0.6) is 0 Å². The fourth-order valence-corrected chi connectivity index (χ4v) is 3.44. The van der Waals surface area contributed by atoms with Crippen LogP contribution in [0, 0.1) is 5.92 Å². The summed E-state index contributed by atoms with van der Waals surface area (Å²) in [5.74, 6) is 1.81. The quantitative estimate of drug-likeness (QED) is 0.795. The third-order valence-electron chi connectivity index (χ3n) is 4.23. The predicted molar refractivity (Wildman–Crippen MR) is 66.7 cm³/mol. The summed E-state index contributed by atoms with van der Waals surface area (Å²) in [6.07, 6.45) is 9.23. The average molecular weight is 237 g/mol. The zero-order valence-electron chi connectivity index (χ0n) is 10.7. The predicted octanol–water partition coefficient (Wildman–Crippen LogP) is 2.23. The molecule has 3 aliphatic rings. The molecule has 0 aromatic heterocycles. The Hall–Kier alpha value is -0.540. The lowest BCUT2D eigenvalue weighted by Gasteiger charge is -2.29.